The summed E-state index contributed by atoms with van der Waals surface area (Å²) in [5.74, 6) is 0.851. The summed E-state index contributed by atoms with van der Waals surface area (Å²) in [6.07, 6.45) is 6.84. The van der Waals surface area contributed by atoms with Crippen LogP contribution in [-0.4, -0.2) is 37.7 Å². The Morgan fingerprint density at radius 2 is 1.76 bits per heavy atom. The molecule has 0 bridgehead atoms. The van der Waals surface area contributed by atoms with E-state index in [1.807, 2.05) is 0 Å². The van der Waals surface area contributed by atoms with Gasteiger partial charge in [0.15, 0.2) is 0 Å². The zero-order valence-corrected chi connectivity index (χ0v) is 12.7. The second kappa shape index (κ2) is 11.0. The van der Waals surface area contributed by atoms with Crippen molar-refractivity contribution in [3.05, 3.63) is 0 Å². The molecule has 2 heteroatoms. The molecule has 0 heterocycles. The number of rotatable bonds is 11. The van der Waals surface area contributed by atoms with Crippen molar-refractivity contribution in [3.63, 3.8) is 0 Å². The normalized spacial score (nSPS) is 13.6. The zero-order valence-electron chi connectivity index (χ0n) is 12.7. The number of hydrogen-bond donors (Lipinski definition) is 0. The van der Waals surface area contributed by atoms with Crippen molar-refractivity contribution < 1.29 is 4.74 Å². The van der Waals surface area contributed by atoms with Crippen molar-refractivity contribution in [1.82, 2.24) is 4.90 Å². The molecule has 0 aromatic heterocycles. The fraction of sp³-hybridized carbons (Fsp3) is 1.00. The minimum Gasteiger partial charge on any atom is -0.379 e. The number of hydrogen-bond acceptors (Lipinski definition) is 2. The van der Waals surface area contributed by atoms with E-state index in [0.717, 1.165) is 12.5 Å². The van der Waals surface area contributed by atoms with Crippen LogP contribution in [0.25, 0.3) is 0 Å². The average Bonchev–Trinajstić information content (AvgIpc) is 2.27. The Kier molecular flexibility index (Phi) is 11.0. The van der Waals surface area contributed by atoms with Gasteiger partial charge in [0, 0.05) is 6.61 Å². The van der Waals surface area contributed by atoms with E-state index in [0.29, 0.717) is 6.10 Å². The van der Waals surface area contributed by atoms with E-state index >= 15 is 0 Å². The van der Waals surface area contributed by atoms with Crippen LogP contribution in [0.1, 0.15) is 59.8 Å². The summed E-state index contributed by atoms with van der Waals surface area (Å²) < 4.78 is 5.63. The molecule has 0 fully saturated rings. The molecule has 104 valence electrons. The van der Waals surface area contributed by atoms with Gasteiger partial charge < -0.3 is 9.64 Å². The Morgan fingerprint density at radius 1 is 1.06 bits per heavy atom. The molecular weight excluding hydrogens is 210 g/mol. The molecule has 0 saturated heterocycles. The van der Waals surface area contributed by atoms with Crippen LogP contribution in [0.3, 0.4) is 0 Å². The molecule has 0 aliphatic rings. The summed E-state index contributed by atoms with van der Waals surface area (Å²) in [5, 5.41) is 0. The molecule has 0 N–H and O–H groups in total. The summed E-state index contributed by atoms with van der Waals surface area (Å²) in [6.45, 7) is 12.2. The first-order chi connectivity index (χ1) is 8.10. The Balaban J connectivity index is 3.53. The van der Waals surface area contributed by atoms with Gasteiger partial charge in [0.1, 0.15) is 0 Å². The van der Waals surface area contributed by atoms with Crippen LogP contribution in [0.2, 0.25) is 0 Å². The minimum absolute atomic E-state index is 0.378. The lowest BCUT2D eigenvalue weighted by Gasteiger charge is -2.19. The largest absolute Gasteiger partial charge is 0.379 e. The van der Waals surface area contributed by atoms with Crippen molar-refractivity contribution in [2.24, 2.45) is 5.92 Å². The SMILES string of the molecule is CCCN(C)CCCC(CC)CCOC(C)C. The molecule has 0 aliphatic carbocycles. The van der Waals surface area contributed by atoms with Gasteiger partial charge in [-0.15, -0.1) is 0 Å². The number of ether oxygens (including phenoxy) is 1. The van der Waals surface area contributed by atoms with Crippen LogP contribution in [0.4, 0.5) is 0 Å². The fourth-order valence-corrected chi connectivity index (χ4v) is 2.17. The van der Waals surface area contributed by atoms with Gasteiger partial charge in [-0.3, -0.25) is 0 Å². The van der Waals surface area contributed by atoms with Crippen molar-refractivity contribution >= 4 is 0 Å². The Morgan fingerprint density at radius 3 is 2.29 bits per heavy atom. The molecule has 1 unspecified atom stereocenters. The van der Waals surface area contributed by atoms with Crippen LogP contribution in [0, 0.1) is 5.92 Å². The molecule has 0 saturated carbocycles. The molecule has 0 amide bonds. The molecule has 2 nitrogen and oxygen atoms in total. The van der Waals surface area contributed by atoms with Gasteiger partial charge in [0.25, 0.3) is 0 Å². The Labute approximate surface area is 109 Å². The van der Waals surface area contributed by atoms with E-state index in [1.165, 1.54) is 45.2 Å². The maximum absolute atomic E-state index is 5.63. The van der Waals surface area contributed by atoms with Crippen molar-refractivity contribution in [2.45, 2.75) is 65.9 Å². The van der Waals surface area contributed by atoms with Gasteiger partial charge in [0.05, 0.1) is 6.10 Å². The van der Waals surface area contributed by atoms with Gasteiger partial charge in [-0.25, -0.2) is 0 Å². The lowest BCUT2D eigenvalue weighted by Crippen LogP contribution is -2.21. The maximum Gasteiger partial charge on any atom is 0.0518 e. The minimum atomic E-state index is 0.378. The fourth-order valence-electron chi connectivity index (χ4n) is 2.17. The highest BCUT2D eigenvalue weighted by Crippen LogP contribution is 2.16. The van der Waals surface area contributed by atoms with Gasteiger partial charge in [-0.05, 0) is 65.6 Å². The summed E-state index contributed by atoms with van der Waals surface area (Å²) in [5.41, 5.74) is 0. The first-order valence-electron chi connectivity index (χ1n) is 7.40. The summed E-state index contributed by atoms with van der Waals surface area (Å²) >= 11 is 0. The highest BCUT2D eigenvalue weighted by Gasteiger charge is 2.07. The molecular formula is C15H33NO. The standard InChI is InChI=1S/C15H33NO/c1-6-11-16(5)12-8-9-15(7-2)10-13-17-14(3)4/h14-15H,6-13H2,1-5H3. The molecule has 17 heavy (non-hydrogen) atoms. The van der Waals surface area contributed by atoms with Gasteiger partial charge in [-0.2, -0.15) is 0 Å². The predicted octanol–water partition coefficient (Wildman–Crippen LogP) is 3.95. The lowest BCUT2D eigenvalue weighted by atomic mass is 9.97. The van der Waals surface area contributed by atoms with Crippen LogP contribution in [0.15, 0.2) is 0 Å². The molecule has 0 aliphatic heterocycles. The van der Waals surface area contributed by atoms with Crippen LogP contribution >= 0.6 is 0 Å². The lowest BCUT2D eigenvalue weighted by molar-refractivity contribution is 0.0668. The van der Waals surface area contributed by atoms with E-state index in [9.17, 15) is 0 Å². The maximum atomic E-state index is 5.63. The quantitative estimate of drug-likeness (QED) is 0.545. The molecule has 0 spiro atoms. The summed E-state index contributed by atoms with van der Waals surface area (Å²) in [4.78, 5) is 2.44. The average molecular weight is 243 g/mol. The van der Waals surface area contributed by atoms with Crippen LogP contribution in [-0.2, 0) is 4.74 Å². The molecule has 1 atom stereocenters. The first-order valence-corrected chi connectivity index (χ1v) is 7.40. The van der Waals surface area contributed by atoms with Gasteiger partial charge in [0.2, 0.25) is 0 Å². The smallest absolute Gasteiger partial charge is 0.0518 e. The van der Waals surface area contributed by atoms with Gasteiger partial charge in [-0.1, -0.05) is 20.3 Å². The molecule has 0 aromatic carbocycles. The van der Waals surface area contributed by atoms with Crippen molar-refractivity contribution in [2.75, 3.05) is 26.7 Å². The van der Waals surface area contributed by atoms with E-state index in [-0.39, 0.29) is 0 Å². The topological polar surface area (TPSA) is 12.5 Å². The van der Waals surface area contributed by atoms with Crippen LogP contribution in [0.5, 0.6) is 0 Å². The van der Waals surface area contributed by atoms with E-state index in [1.54, 1.807) is 0 Å². The first kappa shape index (κ1) is 16.9. The molecule has 0 rings (SSSR count). The van der Waals surface area contributed by atoms with Crippen LogP contribution < -0.4 is 0 Å². The third kappa shape index (κ3) is 10.8. The van der Waals surface area contributed by atoms with Crippen molar-refractivity contribution in [3.8, 4) is 0 Å². The second-order valence-electron chi connectivity index (χ2n) is 5.43. The van der Waals surface area contributed by atoms with Gasteiger partial charge >= 0.3 is 0 Å². The monoisotopic (exact) mass is 243 g/mol. The second-order valence-corrected chi connectivity index (χ2v) is 5.43. The third-order valence-electron chi connectivity index (χ3n) is 3.31. The molecule has 0 radical (unpaired) electrons. The zero-order chi connectivity index (χ0) is 13.1. The highest BCUT2D eigenvalue weighted by atomic mass is 16.5. The van der Waals surface area contributed by atoms with E-state index in [4.69, 9.17) is 4.74 Å². The highest BCUT2D eigenvalue weighted by molar-refractivity contribution is 4.60. The van der Waals surface area contributed by atoms with Crippen molar-refractivity contribution in [1.29, 1.82) is 0 Å². The predicted molar refractivity (Wildman–Crippen MR) is 76.5 cm³/mol. The van der Waals surface area contributed by atoms with E-state index in [2.05, 4.69) is 39.6 Å². The summed E-state index contributed by atoms with van der Waals surface area (Å²) in [7, 11) is 2.23. The molecule has 0 aromatic rings. The summed E-state index contributed by atoms with van der Waals surface area (Å²) in [6, 6.07) is 0. The number of nitrogens with zero attached hydrogens (tertiary/aromatic N) is 1. The Hall–Kier alpha value is -0.0800. The van der Waals surface area contributed by atoms with E-state index < -0.39 is 0 Å². The Bertz CT molecular complexity index is 159. The third-order valence-corrected chi connectivity index (χ3v) is 3.31.